The Morgan fingerprint density at radius 1 is 1.27 bits per heavy atom. The highest BCUT2D eigenvalue weighted by molar-refractivity contribution is 7.91. The van der Waals surface area contributed by atoms with Gasteiger partial charge in [0.2, 0.25) is 5.91 Å². The molecule has 1 fully saturated rings. The van der Waals surface area contributed by atoms with Gasteiger partial charge in [0.15, 0.2) is 9.84 Å². The van der Waals surface area contributed by atoms with Gasteiger partial charge < -0.3 is 10.2 Å². The first kappa shape index (κ1) is 16.8. The third-order valence-corrected chi connectivity index (χ3v) is 5.68. The Labute approximate surface area is 132 Å². The molecule has 0 bridgehead atoms. The average molecular weight is 324 g/mol. The van der Waals surface area contributed by atoms with Crippen LogP contribution in [0.5, 0.6) is 0 Å². The summed E-state index contributed by atoms with van der Waals surface area (Å²) in [5.41, 5.74) is 0.362. The van der Waals surface area contributed by atoms with Crippen molar-refractivity contribution in [2.24, 2.45) is 0 Å². The number of hydrogen-bond donors (Lipinski definition) is 1. The van der Waals surface area contributed by atoms with Gasteiger partial charge in [-0.2, -0.15) is 0 Å². The highest BCUT2D eigenvalue weighted by atomic mass is 32.2. The third kappa shape index (κ3) is 3.43. The number of para-hydroxylation sites is 1. The lowest BCUT2D eigenvalue weighted by molar-refractivity contribution is -0.131. The van der Waals surface area contributed by atoms with E-state index in [-0.39, 0.29) is 23.2 Å². The minimum Gasteiger partial charge on any atom is -0.379 e. The molecule has 122 valence electrons. The molecule has 1 saturated heterocycles. The van der Waals surface area contributed by atoms with Crippen LogP contribution in [-0.2, 0) is 14.6 Å². The van der Waals surface area contributed by atoms with Crippen molar-refractivity contribution in [3.8, 4) is 0 Å². The Balaban J connectivity index is 2.22. The van der Waals surface area contributed by atoms with Gasteiger partial charge in [-0.05, 0) is 32.9 Å². The van der Waals surface area contributed by atoms with E-state index in [1.54, 1.807) is 31.2 Å². The maximum absolute atomic E-state index is 12.2. The van der Waals surface area contributed by atoms with E-state index in [9.17, 15) is 13.2 Å². The van der Waals surface area contributed by atoms with Crippen LogP contribution in [0.4, 0.5) is 5.69 Å². The van der Waals surface area contributed by atoms with E-state index < -0.39 is 9.84 Å². The molecule has 0 unspecified atom stereocenters. The molecule has 6 heteroatoms. The lowest BCUT2D eigenvalue weighted by Crippen LogP contribution is -2.43. The van der Waals surface area contributed by atoms with Crippen molar-refractivity contribution in [2.45, 2.75) is 50.6 Å². The highest BCUT2D eigenvalue weighted by Crippen LogP contribution is 2.27. The Bertz CT molecular complexity index is 662. The Kier molecular flexibility index (Phi) is 4.52. The van der Waals surface area contributed by atoms with Gasteiger partial charge in [0.05, 0.1) is 22.4 Å². The van der Waals surface area contributed by atoms with Gasteiger partial charge >= 0.3 is 0 Å². The van der Waals surface area contributed by atoms with Crippen LogP contribution >= 0.6 is 0 Å². The van der Waals surface area contributed by atoms with Crippen molar-refractivity contribution >= 4 is 21.4 Å². The molecule has 0 radical (unpaired) electrons. The molecule has 0 spiro atoms. The maximum atomic E-state index is 12.2. The summed E-state index contributed by atoms with van der Waals surface area (Å²) in [6.45, 7) is 8.23. The quantitative estimate of drug-likeness (QED) is 0.923. The number of nitrogens with one attached hydrogen (secondary N) is 1. The van der Waals surface area contributed by atoms with E-state index in [0.29, 0.717) is 23.5 Å². The van der Waals surface area contributed by atoms with Crippen LogP contribution < -0.4 is 5.32 Å². The maximum Gasteiger partial charge on any atom is 0.225 e. The van der Waals surface area contributed by atoms with Crippen LogP contribution in [0.2, 0.25) is 0 Å². The van der Waals surface area contributed by atoms with Crippen molar-refractivity contribution in [2.75, 3.05) is 17.6 Å². The van der Waals surface area contributed by atoms with E-state index >= 15 is 0 Å². The molecule has 1 atom stereocenters. The Morgan fingerprint density at radius 3 is 2.45 bits per heavy atom. The topological polar surface area (TPSA) is 66.5 Å². The van der Waals surface area contributed by atoms with Crippen molar-refractivity contribution in [1.82, 2.24) is 4.90 Å². The van der Waals surface area contributed by atoms with E-state index in [4.69, 9.17) is 0 Å². The monoisotopic (exact) mass is 324 g/mol. The summed E-state index contributed by atoms with van der Waals surface area (Å²) < 4.78 is 24.3. The Morgan fingerprint density at radius 2 is 1.91 bits per heavy atom. The molecule has 1 aliphatic rings. The lowest BCUT2D eigenvalue weighted by atomic mass is 10.1. The third-order valence-electron chi connectivity index (χ3n) is 3.90. The zero-order valence-corrected chi connectivity index (χ0v) is 14.4. The fraction of sp³-hybridized carbons (Fsp3) is 0.562. The molecule has 1 aromatic rings. The van der Waals surface area contributed by atoms with E-state index in [2.05, 4.69) is 5.32 Å². The molecule has 1 aliphatic heterocycles. The van der Waals surface area contributed by atoms with Gasteiger partial charge in [-0.15, -0.1) is 0 Å². The average Bonchev–Trinajstić information content (AvgIpc) is 2.80. The van der Waals surface area contributed by atoms with Crippen molar-refractivity contribution in [3.05, 3.63) is 24.3 Å². The number of carbonyl (C=O) groups is 1. The number of hydrogen-bond acceptors (Lipinski definition) is 4. The van der Waals surface area contributed by atoms with E-state index in [0.717, 1.165) is 0 Å². The molecule has 1 amide bonds. The number of carbonyl (C=O) groups excluding carboxylic acids is 1. The molecule has 5 nitrogen and oxygen atoms in total. The van der Waals surface area contributed by atoms with Gasteiger partial charge in [0.25, 0.3) is 0 Å². The molecule has 0 saturated carbocycles. The Hall–Kier alpha value is -1.56. The first-order valence-electron chi connectivity index (χ1n) is 7.54. The van der Waals surface area contributed by atoms with Gasteiger partial charge in [-0.25, -0.2) is 8.42 Å². The normalized spacial score (nSPS) is 19.5. The predicted molar refractivity (Wildman–Crippen MR) is 87.7 cm³/mol. The summed E-state index contributed by atoms with van der Waals surface area (Å²) >= 11 is 0. The number of rotatable bonds is 4. The zero-order chi connectivity index (χ0) is 16.5. The van der Waals surface area contributed by atoms with Crippen molar-refractivity contribution < 1.29 is 13.2 Å². The first-order valence-corrected chi connectivity index (χ1v) is 9.19. The van der Waals surface area contributed by atoms with Crippen LogP contribution in [0, 0.1) is 0 Å². The number of sulfone groups is 1. The SMILES string of the molecule is CCS(=O)(=O)c1ccccc1N[C@@H]1CC(=O)N(C(C)(C)C)C1. The summed E-state index contributed by atoms with van der Waals surface area (Å²) in [6.07, 6.45) is 0.387. The second-order valence-electron chi connectivity index (χ2n) is 6.62. The number of nitrogens with zero attached hydrogens (tertiary/aromatic N) is 1. The number of benzene rings is 1. The second-order valence-corrected chi connectivity index (χ2v) is 8.87. The van der Waals surface area contributed by atoms with Gasteiger partial charge in [-0.3, -0.25) is 4.79 Å². The highest BCUT2D eigenvalue weighted by Gasteiger charge is 2.36. The fourth-order valence-electron chi connectivity index (χ4n) is 2.68. The van der Waals surface area contributed by atoms with Crippen molar-refractivity contribution in [3.63, 3.8) is 0 Å². The van der Waals surface area contributed by atoms with Crippen LogP contribution in [0.3, 0.4) is 0 Å². The summed E-state index contributed by atoms with van der Waals surface area (Å²) in [5.74, 6) is 0.157. The lowest BCUT2D eigenvalue weighted by Gasteiger charge is -2.32. The van der Waals surface area contributed by atoms with Crippen LogP contribution in [0.1, 0.15) is 34.1 Å². The molecule has 1 aromatic carbocycles. The predicted octanol–water partition coefficient (Wildman–Crippen LogP) is 2.29. The minimum atomic E-state index is -3.29. The smallest absolute Gasteiger partial charge is 0.225 e. The molecule has 0 aliphatic carbocycles. The van der Waals surface area contributed by atoms with E-state index in [1.165, 1.54) is 0 Å². The summed E-state index contributed by atoms with van der Waals surface area (Å²) in [7, 11) is -3.29. The minimum absolute atomic E-state index is 0.0589. The molecule has 1 N–H and O–H groups in total. The molecule has 1 heterocycles. The van der Waals surface area contributed by atoms with Crippen LogP contribution in [0.25, 0.3) is 0 Å². The molecule has 0 aromatic heterocycles. The second kappa shape index (κ2) is 5.91. The van der Waals surface area contributed by atoms with Gasteiger partial charge in [0.1, 0.15) is 0 Å². The summed E-state index contributed by atoms with van der Waals surface area (Å²) in [6, 6.07) is 6.82. The number of anilines is 1. The van der Waals surface area contributed by atoms with Crippen LogP contribution in [-0.4, -0.2) is 43.1 Å². The largest absolute Gasteiger partial charge is 0.379 e. The zero-order valence-electron chi connectivity index (χ0n) is 13.6. The standard InChI is InChI=1S/C16H24N2O3S/c1-5-22(20,21)14-9-7-6-8-13(14)17-12-10-15(19)18(11-12)16(2,3)4/h6-9,12,17H,5,10-11H2,1-4H3/t12-/m1/s1. The molecule has 2 rings (SSSR count). The summed E-state index contributed by atoms with van der Waals surface area (Å²) in [4.78, 5) is 14.3. The number of likely N-dealkylation sites (tertiary alicyclic amines) is 1. The fourth-order valence-corrected chi connectivity index (χ4v) is 3.74. The van der Waals surface area contributed by atoms with Gasteiger partial charge in [-0.1, -0.05) is 19.1 Å². The van der Waals surface area contributed by atoms with Crippen molar-refractivity contribution in [1.29, 1.82) is 0 Å². The van der Waals surface area contributed by atoms with E-state index in [1.807, 2.05) is 25.7 Å². The van der Waals surface area contributed by atoms with Gasteiger partial charge in [0, 0.05) is 18.5 Å². The number of amides is 1. The van der Waals surface area contributed by atoms with Crippen LogP contribution in [0.15, 0.2) is 29.2 Å². The molecular formula is C16H24N2O3S. The molecule has 22 heavy (non-hydrogen) atoms. The molecular weight excluding hydrogens is 300 g/mol. The first-order chi connectivity index (χ1) is 10.1. The summed E-state index contributed by atoms with van der Waals surface area (Å²) in [5, 5.41) is 3.24.